The Bertz CT molecular complexity index is 731. The zero-order valence-electron chi connectivity index (χ0n) is 14.1. The van der Waals surface area contributed by atoms with Gasteiger partial charge in [0.25, 0.3) is 5.91 Å². The van der Waals surface area contributed by atoms with E-state index in [4.69, 9.17) is 4.74 Å². The van der Waals surface area contributed by atoms with E-state index < -0.39 is 0 Å². The summed E-state index contributed by atoms with van der Waals surface area (Å²) < 4.78 is 5.85. The number of benzene rings is 2. The fourth-order valence-electron chi connectivity index (χ4n) is 3.37. The van der Waals surface area contributed by atoms with E-state index in [-0.39, 0.29) is 23.9 Å². The molecular formula is C20H23ClN2O2. The number of nitrogens with zero attached hydrogens (tertiary/aromatic N) is 1. The Morgan fingerprint density at radius 2 is 1.92 bits per heavy atom. The highest BCUT2D eigenvalue weighted by atomic mass is 35.5. The molecule has 25 heavy (non-hydrogen) atoms. The van der Waals surface area contributed by atoms with Crippen LogP contribution in [0.3, 0.4) is 0 Å². The van der Waals surface area contributed by atoms with E-state index in [1.54, 1.807) is 0 Å². The van der Waals surface area contributed by atoms with Gasteiger partial charge in [0.2, 0.25) is 0 Å². The Hall–Kier alpha value is -2.04. The maximum atomic E-state index is 12.9. The molecule has 1 heterocycles. The topological polar surface area (TPSA) is 41.6 Å². The molecule has 1 aliphatic carbocycles. The molecule has 1 saturated carbocycles. The first-order valence-corrected chi connectivity index (χ1v) is 8.56. The summed E-state index contributed by atoms with van der Waals surface area (Å²) in [5.41, 5.74) is 1.90. The van der Waals surface area contributed by atoms with E-state index in [0.717, 1.165) is 43.8 Å². The zero-order chi connectivity index (χ0) is 16.4. The Labute approximate surface area is 154 Å². The lowest BCUT2D eigenvalue weighted by Crippen LogP contribution is -2.55. The number of halogens is 1. The van der Waals surface area contributed by atoms with Crippen LogP contribution < -0.4 is 10.1 Å². The summed E-state index contributed by atoms with van der Waals surface area (Å²) in [7, 11) is 0. The first-order chi connectivity index (χ1) is 11.8. The van der Waals surface area contributed by atoms with Crippen molar-refractivity contribution in [3.63, 3.8) is 0 Å². The Morgan fingerprint density at radius 3 is 2.68 bits per heavy atom. The molecule has 1 amide bonds. The number of ether oxygens (including phenoxy) is 1. The number of hydrogen-bond donors (Lipinski definition) is 1. The summed E-state index contributed by atoms with van der Waals surface area (Å²) in [4.78, 5) is 15.0. The first kappa shape index (κ1) is 17.8. The number of hydrogen-bond acceptors (Lipinski definition) is 3. The molecule has 0 aromatic heterocycles. The molecule has 1 N–H and O–H groups in total. The minimum absolute atomic E-state index is 0. The van der Waals surface area contributed by atoms with Crippen LogP contribution in [0.15, 0.2) is 54.6 Å². The van der Waals surface area contributed by atoms with Gasteiger partial charge < -0.3 is 15.0 Å². The molecule has 2 aromatic rings. The SMILES string of the molecule is Cl.O=C(c1cccc(OCc2ccccc2)c1)N1CCNCC12CC2. The maximum Gasteiger partial charge on any atom is 0.254 e. The summed E-state index contributed by atoms with van der Waals surface area (Å²) in [6, 6.07) is 17.6. The van der Waals surface area contributed by atoms with Crippen LogP contribution >= 0.6 is 12.4 Å². The summed E-state index contributed by atoms with van der Waals surface area (Å²) in [6.45, 7) is 3.09. The van der Waals surface area contributed by atoms with E-state index in [9.17, 15) is 4.79 Å². The predicted molar refractivity (Wildman–Crippen MR) is 100 cm³/mol. The van der Waals surface area contributed by atoms with E-state index in [2.05, 4.69) is 10.2 Å². The van der Waals surface area contributed by atoms with Gasteiger partial charge in [-0.2, -0.15) is 0 Å². The number of piperazine rings is 1. The van der Waals surface area contributed by atoms with Crippen molar-refractivity contribution in [2.24, 2.45) is 0 Å². The van der Waals surface area contributed by atoms with Gasteiger partial charge >= 0.3 is 0 Å². The quantitative estimate of drug-likeness (QED) is 0.912. The number of nitrogens with one attached hydrogen (secondary N) is 1. The molecule has 4 nitrogen and oxygen atoms in total. The summed E-state index contributed by atoms with van der Waals surface area (Å²) >= 11 is 0. The van der Waals surface area contributed by atoms with Gasteiger partial charge in [0.05, 0.1) is 5.54 Å². The third-order valence-corrected chi connectivity index (χ3v) is 4.94. The highest BCUT2D eigenvalue weighted by Crippen LogP contribution is 2.43. The van der Waals surface area contributed by atoms with Crippen LogP contribution in [0.4, 0.5) is 0 Å². The second-order valence-electron chi connectivity index (χ2n) is 6.66. The Morgan fingerprint density at radius 1 is 1.12 bits per heavy atom. The van der Waals surface area contributed by atoms with Crippen molar-refractivity contribution in [3.05, 3.63) is 65.7 Å². The fraction of sp³-hybridized carbons (Fsp3) is 0.350. The number of rotatable bonds is 4. The van der Waals surface area contributed by atoms with Crippen LogP contribution in [0.2, 0.25) is 0 Å². The molecule has 1 spiro atoms. The average molecular weight is 359 g/mol. The molecule has 0 unspecified atom stereocenters. The van der Waals surface area contributed by atoms with E-state index >= 15 is 0 Å². The van der Waals surface area contributed by atoms with Gasteiger partial charge in [-0.05, 0) is 36.6 Å². The van der Waals surface area contributed by atoms with Crippen LogP contribution in [0.25, 0.3) is 0 Å². The van der Waals surface area contributed by atoms with Crippen molar-refractivity contribution in [3.8, 4) is 5.75 Å². The molecule has 2 aromatic carbocycles. The third kappa shape index (κ3) is 3.80. The van der Waals surface area contributed by atoms with Crippen molar-refractivity contribution < 1.29 is 9.53 Å². The average Bonchev–Trinajstić information content (AvgIpc) is 3.40. The number of amides is 1. The second-order valence-corrected chi connectivity index (χ2v) is 6.66. The van der Waals surface area contributed by atoms with Gasteiger partial charge in [0, 0.05) is 25.2 Å². The number of carbonyl (C=O) groups excluding carboxylic acids is 1. The lowest BCUT2D eigenvalue weighted by atomic mass is 10.1. The molecule has 0 radical (unpaired) electrons. The highest BCUT2D eigenvalue weighted by molar-refractivity contribution is 5.95. The molecule has 1 aliphatic heterocycles. The monoisotopic (exact) mass is 358 g/mol. The van der Waals surface area contributed by atoms with Crippen molar-refractivity contribution >= 4 is 18.3 Å². The largest absolute Gasteiger partial charge is 0.489 e. The Balaban J connectivity index is 0.00000182. The third-order valence-electron chi connectivity index (χ3n) is 4.94. The molecule has 0 bridgehead atoms. The van der Waals surface area contributed by atoms with E-state index in [1.807, 2.05) is 54.6 Å². The number of carbonyl (C=O) groups is 1. The molecule has 0 atom stereocenters. The maximum absolute atomic E-state index is 12.9. The second kappa shape index (κ2) is 7.46. The standard InChI is InChI=1S/C20H22N2O2.ClH/c23-19(22-12-11-21-15-20(22)9-10-20)17-7-4-8-18(13-17)24-14-16-5-2-1-3-6-16;/h1-8,13,21H,9-12,14-15H2;1H. The van der Waals surface area contributed by atoms with Crippen LogP contribution in [-0.4, -0.2) is 36.0 Å². The van der Waals surface area contributed by atoms with Crippen molar-refractivity contribution in [2.75, 3.05) is 19.6 Å². The minimum Gasteiger partial charge on any atom is -0.489 e. The van der Waals surface area contributed by atoms with Gasteiger partial charge in [0.1, 0.15) is 12.4 Å². The molecule has 132 valence electrons. The van der Waals surface area contributed by atoms with Crippen LogP contribution in [0, 0.1) is 0 Å². The zero-order valence-corrected chi connectivity index (χ0v) is 14.9. The van der Waals surface area contributed by atoms with Crippen molar-refractivity contribution in [1.82, 2.24) is 10.2 Å². The predicted octanol–water partition coefficient (Wildman–Crippen LogP) is 3.27. The van der Waals surface area contributed by atoms with Gasteiger partial charge in [-0.15, -0.1) is 12.4 Å². The van der Waals surface area contributed by atoms with Crippen molar-refractivity contribution in [1.29, 1.82) is 0 Å². The normalized spacial score (nSPS) is 17.7. The van der Waals surface area contributed by atoms with E-state index in [1.165, 1.54) is 0 Å². The van der Waals surface area contributed by atoms with Crippen LogP contribution in [0.1, 0.15) is 28.8 Å². The fourth-order valence-corrected chi connectivity index (χ4v) is 3.37. The van der Waals surface area contributed by atoms with Gasteiger partial charge in [-0.25, -0.2) is 0 Å². The minimum atomic E-state index is 0. The highest BCUT2D eigenvalue weighted by Gasteiger charge is 2.51. The van der Waals surface area contributed by atoms with E-state index in [0.29, 0.717) is 12.2 Å². The molecular weight excluding hydrogens is 336 g/mol. The lowest BCUT2D eigenvalue weighted by Gasteiger charge is -2.37. The lowest BCUT2D eigenvalue weighted by molar-refractivity contribution is 0.0600. The summed E-state index contributed by atoms with van der Waals surface area (Å²) in [5.74, 6) is 0.865. The molecule has 2 aliphatic rings. The van der Waals surface area contributed by atoms with Crippen molar-refractivity contribution in [2.45, 2.75) is 25.0 Å². The van der Waals surface area contributed by atoms with Gasteiger partial charge in [-0.1, -0.05) is 36.4 Å². The molecule has 4 rings (SSSR count). The molecule has 2 fully saturated rings. The Kier molecular flexibility index (Phi) is 5.30. The summed E-state index contributed by atoms with van der Waals surface area (Å²) in [6.07, 6.45) is 2.21. The molecule has 5 heteroatoms. The van der Waals surface area contributed by atoms with Gasteiger partial charge in [-0.3, -0.25) is 4.79 Å². The molecule has 1 saturated heterocycles. The van der Waals surface area contributed by atoms with Crippen LogP contribution in [-0.2, 0) is 6.61 Å². The van der Waals surface area contributed by atoms with Gasteiger partial charge in [0.15, 0.2) is 0 Å². The smallest absolute Gasteiger partial charge is 0.254 e. The summed E-state index contributed by atoms with van der Waals surface area (Å²) in [5, 5.41) is 3.41. The van der Waals surface area contributed by atoms with Crippen LogP contribution in [0.5, 0.6) is 5.75 Å². The first-order valence-electron chi connectivity index (χ1n) is 8.56.